The first-order valence-corrected chi connectivity index (χ1v) is 7.82. The van der Waals surface area contributed by atoms with Gasteiger partial charge in [0.15, 0.2) is 0 Å². The molecule has 0 atom stereocenters. The highest BCUT2D eigenvalue weighted by Crippen LogP contribution is 2.25. The normalized spacial score (nSPS) is 10.5. The Labute approximate surface area is 148 Å². The minimum atomic E-state index is -0.536. The summed E-state index contributed by atoms with van der Waals surface area (Å²) in [5.41, 5.74) is 2.60. The van der Waals surface area contributed by atoms with Gasteiger partial charge in [0, 0.05) is 11.6 Å². The van der Waals surface area contributed by atoms with Crippen LogP contribution < -0.4 is 5.32 Å². The van der Waals surface area contributed by atoms with Gasteiger partial charge in [0.2, 0.25) is 11.7 Å². The maximum absolute atomic E-state index is 12.2. The summed E-state index contributed by atoms with van der Waals surface area (Å²) < 4.78 is 0. The van der Waals surface area contributed by atoms with Crippen LogP contribution in [0.3, 0.4) is 0 Å². The zero-order valence-electron chi connectivity index (χ0n) is 14.2. The molecule has 0 fully saturated rings. The molecule has 9 heteroatoms. The van der Waals surface area contributed by atoms with Gasteiger partial charge in [-0.25, -0.2) is 0 Å². The predicted molar refractivity (Wildman–Crippen MR) is 94.5 cm³/mol. The van der Waals surface area contributed by atoms with Gasteiger partial charge in [0.05, 0.1) is 4.92 Å². The van der Waals surface area contributed by atoms with Crippen molar-refractivity contribution in [2.24, 2.45) is 0 Å². The number of rotatable bonds is 5. The predicted octanol–water partition coefficient (Wildman–Crippen LogP) is 2.50. The van der Waals surface area contributed by atoms with Crippen molar-refractivity contribution in [2.75, 3.05) is 5.32 Å². The highest BCUT2D eigenvalue weighted by Gasteiger charge is 2.17. The number of benzene rings is 2. The smallest absolute Gasteiger partial charge is 0.293 e. The van der Waals surface area contributed by atoms with Crippen LogP contribution in [0.4, 0.5) is 11.4 Å². The first kappa shape index (κ1) is 17.2. The summed E-state index contributed by atoms with van der Waals surface area (Å²) in [5.74, 6) is -0.0797. The summed E-state index contributed by atoms with van der Waals surface area (Å²) in [4.78, 5) is 23.9. The van der Waals surface area contributed by atoms with Crippen molar-refractivity contribution in [3.8, 4) is 11.4 Å². The number of aromatic nitrogens is 4. The number of tetrazole rings is 1. The van der Waals surface area contributed by atoms with E-state index in [0.29, 0.717) is 5.82 Å². The van der Waals surface area contributed by atoms with Gasteiger partial charge < -0.3 is 5.32 Å². The molecule has 9 nitrogen and oxygen atoms in total. The molecule has 0 radical (unpaired) electrons. The summed E-state index contributed by atoms with van der Waals surface area (Å²) >= 11 is 0. The van der Waals surface area contributed by atoms with Gasteiger partial charge in [-0.15, -0.1) is 10.2 Å². The molecule has 0 unspecified atom stereocenters. The van der Waals surface area contributed by atoms with Gasteiger partial charge in [0.25, 0.3) is 5.69 Å². The molecule has 1 aromatic heterocycles. The third-order valence-electron chi connectivity index (χ3n) is 3.67. The SMILES string of the molecule is Cc1ccc(-c2nnn(CC(=O)Nc3ccc(C)cc3[N+](=O)[O-])n2)cc1. The summed E-state index contributed by atoms with van der Waals surface area (Å²) in [6.45, 7) is 3.51. The van der Waals surface area contributed by atoms with Gasteiger partial charge in [-0.3, -0.25) is 14.9 Å². The van der Waals surface area contributed by atoms with Gasteiger partial charge >= 0.3 is 0 Å². The van der Waals surface area contributed by atoms with Crippen LogP contribution in [0.5, 0.6) is 0 Å². The number of aryl methyl sites for hydroxylation is 2. The Morgan fingerprint density at radius 1 is 1.15 bits per heavy atom. The monoisotopic (exact) mass is 352 g/mol. The van der Waals surface area contributed by atoms with Crippen molar-refractivity contribution >= 4 is 17.3 Å². The number of carbonyl (C=O) groups excluding carboxylic acids is 1. The largest absolute Gasteiger partial charge is 0.319 e. The lowest BCUT2D eigenvalue weighted by atomic mass is 10.1. The van der Waals surface area contributed by atoms with Crippen LogP contribution >= 0.6 is 0 Å². The van der Waals surface area contributed by atoms with E-state index in [1.807, 2.05) is 31.2 Å². The number of nitrogens with zero attached hydrogens (tertiary/aromatic N) is 5. The molecule has 1 N–H and O–H groups in total. The third-order valence-corrected chi connectivity index (χ3v) is 3.67. The van der Waals surface area contributed by atoms with E-state index in [0.717, 1.165) is 21.5 Å². The highest BCUT2D eigenvalue weighted by atomic mass is 16.6. The molecule has 0 aliphatic rings. The van der Waals surface area contributed by atoms with Crippen LogP contribution in [0.15, 0.2) is 42.5 Å². The number of anilines is 1. The molecular weight excluding hydrogens is 336 g/mol. The van der Waals surface area contributed by atoms with E-state index in [4.69, 9.17) is 0 Å². The Morgan fingerprint density at radius 2 is 1.85 bits per heavy atom. The fraction of sp³-hybridized carbons (Fsp3) is 0.176. The minimum Gasteiger partial charge on any atom is -0.319 e. The number of nitro groups is 1. The zero-order chi connectivity index (χ0) is 18.7. The Hall–Kier alpha value is -3.62. The van der Waals surface area contributed by atoms with Crippen LogP contribution in [0.25, 0.3) is 11.4 Å². The molecule has 2 aromatic carbocycles. The first-order valence-electron chi connectivity index (χ1n) is 7.82. The number of hydrogen-bond donors (Lipinski definition) is 1. The molecule has 0 spiro atoms. The van der Waals surface area contributed by atoms with Crippen LogP contribution in [-0.4, -0.2) is 31.0 Å². The Kier molecular flexibility index (Phi) is 4.70. The molecule has 0 aliphatic heterocycles. The van der Waals surface area contributed by atoms with E-state index in [2.05, 4.69) is 20.7 Å². The highest BCUT2D eigenvalue weighted by molar-refractivity contribution is 5.92. The van der Waals surface area contributed by atoms with Crippen molar-refractivity contribution in [1.29, 1.82) is 0 Å². The molecule has 0 saturated carbocycles. The third kappa shape index (κ3) is 3.89. The molecule has 3 aromatic rings. The van der Waals surface area contributed by atoms with E-state index < -0.39 is 10.8 Å². The van der Waals surface area contributed by atoms with E-state index in [-0.39, 0.29) is 17.9 Å². The van der Waals surface area contributed by atoms with Gasteiger partial charge in [-0.05, 0) is 30.7 Å². The minimum absolute atomic E-state index is 0.129. The fourth-order valence-corrected chi connectivity index (χ4v) is 2.35. The fourth-order valence-electron chi connectivity index (χ4n) is 2.35. The number of nitro benzene ring substituents is 1. The second-order valence-corrected chi connectivity index (χ2v) is 5.84. The van der Waals surface area contributed by atoms with E-state index in [1.54, 1.807) is 13.0 Å². The van der Waals surface area contributed by atoms with Gasteiger partial charge in [0.1, 0.15) is 12.2 Å². The van der Waals surface area contributed by atoms with Crippen LogP contribution in [0.2, 0.25) is 0 Å². The van der Waals surface area contributed by atoms with Crippen LogP contribution in [-0.2, 0) is 11.3 Å². The average molecular weight is 352 g/mol. The average Bonchev–Trinajstić information content (AvgIpc) is 3.05. The standard InChI is InChI=1S/C17H16N6O3/c1-11-3-6-13(7-4-11)17-19-21-22(20-17)10-16(24)18-14-8-5-12(2)9-15(14)23(25)26/h3-9H,10H2,1-2H3,(H,18,24). The van der Waals surface area contributed by atoms with Crippen LogP contribution in [0, 0.1) is 24.0 Å². The Morgan fingerprint density at radius 3 is 2.54 bits per heavy atom. The number of carbonyl (C=O) groups is 1. The molecule has 26 heavy (non-hydrogen) atoms. The molecule has 1 amide bonds. The molecule has 0 bridgehead atoms. The maximum atomic E-state index is 12.2. The molecule has 0 saturated heterocycles. The van der Waals surface area contributed by atoms with Crippen molar-refractivity contribution in [3.63, 3.8) is 0 Å². The molecular formula is C17H16N6O3. The number of nitrogens with one attached hydrogen (secondary N) is 1. The number of hydrogen-bond acceptors (Lipinski definition) is 6. The first-order chi connectivity index (χ1) is 12.4. The summed E-state index contributed by atoms with van der Waals surface area (Å²) in [6.07, 6.45) is 0. The summed E-state index contributed by atoms with van der Waals surface area (Å²) in [5, 5.41) is 25.6. The second kappa shape index (κ2) is 7.09. The lowest BCUT2D eigenvalue weighted by molar-refractivity contribution is -0.384. The van der Waals surface area contributed by atoms with E-state index >= 15 is 0 Å². The lowest BCUT2D eigenvalue weighted by Gasteiger charge is -2.06. The molecule has 0 aliphatic carbocycles. The molecule has 1 heterocycles. The van der Waals surface area contributed by atoms with Crippen molar-refractivity contribution < 1.29 is 9.72 Å². The maximum Gasteiger partial charge on any atom is 0.293 e. The summed E-state index contributed by atoms with van der Waals surface area (Å²) in [6, 6.07) is 12.2. The Bertz CT molecular complexity index is 965. The van der Waals surface area contributed by atoms with Crippen molar-refractivity contribution in [2.45, 2.75) is 20.4 Å². The second-order valence-electron chi connectivity index (χ2n) is 5.84. The molecule has 3 rings (SSSR count). The molecule has 132 valence electrons. The quantitative estimate of drug-likeness (QED) is 0.557. The topological polar surface area (TPSA) is 116 Å². The number of amides is 1. The van der Waals surface area contributed by atoms with Gasteiger partial charge in [-0.2, -0.15) is 4.80 Å². The van der Waals surface area contributed by atoms with Crippen LogP contribution in [0.1, 0.15) is 11.1 Å². The van der Waals surface area contributed by atoms with Crippen molar-refractivity contribution in [3.05, 3.63) is 63.7 Å². The summed E-state index contributed by atoms with van der Waals surface area (Å²) in [7, 11) is 0. The van der Waals surface area contributed by atoms with Gasteiger partial charge in [-0.1, -0.05) is 35.9 Å². The van der Waals surface area contributed by atoms with Crippen molar-refractivity contribution in [1.82, 2.24) is 20.2 Å². The Balaban J connectivity index is 1.71. The lowest BCUT2D eigenvalue weighted by Crippen LogP contribution is -2.21. The zero-order valence-corrected chi connectivity index (χ0v) is 14.2. The van der Waals surface area contributed by atoms with E-state index in [1.165, 1.54) is 12.1 Å². The van der Waals surface area contributed by atoms with E-state index in [9.17, 15) is 14.9 Å².